The molecular weight excluding hydrogens is 216 g/mol. The first-order valence-electron chi connectivity index (χ1n) is 4.61. The van der Waals surface area contributed by atoms with Gasteiger partial charge in [0.2, 0.25) is 0 Å². The monoisotopic (exact) mass is 230 g/mol. The highest BCUT2D eigenvalue weighted by Crippen LogP contribution is 2.23. The summed E-state index contributed by atoms with van der Waals surface area (Å²) in [5.41, 5.74) is 6.69. The van der Waals surface area contributed by atoms with Crippen molar-refractivity contribution in [1.82, 2.24) is 14.5 Å². The summed E-state index contributed by atoms with van der Waals surface area (Å²) >= 11 is 3.23. The van der Waals surface area contributed by atoms with Crippen LogP contribution in [0.25, 0.3) is 0 Å². The highest BCUT2D eigenvalue weighted by Gasteiger charge is 2.22. The Hall–Kier alpha value is -0.330. The van der Waals surface area contributed by atoms with E-state index in [1.807, 2.05) is 11.8 Å². The van der Waals surface area contributed by atoms with Crippen molar-refractivity contribution in [3.05, 3.63) is 5.69 Å². The van der Waals surface area contributed by atoms with Gasteiger partial charge < -0.3 is 5.73 Å². The van der Waals surface area contributed by atoms with Crippen molar-refractivity contribution in [1.29, 1.82) is 0 Å². The molecule has 0 saturated carbocycles. The molecule has 2 rings (SSSR count). The van der Waals surface area contributed by atoms with Crippen molar-refractivity contribution < 1.29 is 0 Å². The smallest absolute Gasteiger partial charge is 0.132 e. The molecule has 1 saturated heterocycles. The molecule has 0 bridgehead atoms. The number of aromatic nitrogens is 2. The van der Waals surface area contributed by atoms with Crippen LogP contribution in [0.15, 0.2) is 0 Å². The number of rotatable bonds is 3. The standard InChI is InChI=1S/C8H14N4S2/c1-13-6-2-3-12(4-6)5-7-8(9)14-11-10-7/h6H,2-5,9H2,1H3. The fourth-order valence-electron chi connectivity index (χ4n) is 1.67. The Bertz CT molecular complexity index is 301. The minimum absolute atomic E-state index is 0.762. The third kappa shape index (κ3) is 2.18. The largest absolute Gasteiger partial charge is 0.388 e. The van der Waals surface area contributed by atoms with Crippen molar-refractivity contribution in [2.24, 2.45) is 0 Å². The molecule has 1 aliphatic rings. The van der Waals surface area contributed by atoms with Gasteiger partial charge in [0, 0.05) is 29.9 Å². The highest BCUT2D eigenvalue weighted by molar-refractivity contribution is 7.99. The summed E-state index contributed by atoms with van der Waals surface area (Å²) in [7, 11) is 0. The maximum Gasteiger partial charge on any atom is 0.132 e. The molecule has 78 valence electrons. The molecule has 0 spiro atoms. The summed E-state index contributed by atoms with van der Waals surface area (Å²) in [4.78, 5) is 2.40. The van der Waals surface area contributed by atoms with Gasteiger partial charge in [-0.15, -0.1) is 5.10 Å². The van der Waals surface area contributed by atoms with Crippen LogP contribution in [0.5, 0.6) is 0 Å². The molecular formula is C8H14N4S2. The van der Waals surface area contributed by atoms with E-state index in [1.54, 1.807) is 0 Å². The third-order valence-corrected chi connectivity index (χ3v) is 4.17. The Kier molecular flexibility index (Phi) is 3.25. The first-order chi connectivity index (χ1) is 6.79. The first-order valence-corrected chi connectivity index (χ1v) is 6.67. The number of likely N-dealkylation sites (tertiary alicyclic amines) is 1. The van der Waals surface area contributed by atoms with Crippen molar-refractivity contribution in [2.45, 2.75) is 18.2 Å². The van der Waals surface area contributed by atoms with Gasteiger partial charge in [-0.05, 0) is 19.2 Å². The van der Waals surface area contributed by atoms with Crippen LogP contribution in [0.3, 0.4) is 0 Å². The van der Waals surface area contributed by atoms with Crippen LogP contribution in [-0.4, -0.2) is 39.1 Å². The van der Waals surface area contributed by atoms with E-state index in [9.17, 15) is 0 Å². The van der Waals surface area contributed by atoms with Crippen LogP contribution >= 0.6 is 23.3 Å². The lowest BCUT2D eigenvalue weighted by Gasteiger charge is -2.13. The normalized spacial score (nSPS) is 23.1. The van der Waals surface area contributed by atoms with Crippen molar-refractivity contribution in [3.8, 4) is 0 Å². The molecule has 0 aromatic carbocycles. The summed E-state index contributed by atoms with van der Waals surface area (Å²) in [5.74, 6) is 0. The van der Waals surface area contributed by atoms with Gasteiger partial charge in [-0.25, -0.2) is 0 Å². The van der Waals surface area contributed by atoms with Crippen molar-refractivity contribution >= 4 is 28.3 Å². The molecule has 1 fully saturated rings. The Labute approximate surface area is 92.0 Å². The number of nitrogens with two attached hydrogens (primary N) is 1. The number of nitrogen functional groups attached to an aromatic ring is 1. The molecule has 0 aliphatic carbocycles. The Balaban J connectivity index is 1.90. The number of anilines is 1. The summed E-state index contributed by atoms with van der Waals surface area (Å²) < 4.78 is 3.84. The van der Waals surface area contributed by atoms with E-state index in [2.05, 4.69) is 20.7 Å². The van der Waals surface area contributed by atoms with Crippen LogP contribution < -0.4 is 5.73 Å². The maximum atomic E-state index is 5.75. The van der Waals surface area contributed by atoms with E-state index in [1.165, 1.54) is 18.0 Å². The number of hydrogen-bond acceptors (Lipinski definition) is 6. The van der Waals surface area contributed by atoms with E-state index >= 15 is 0 Å². The van der Waals surface area contributed by atoms with Crippen LogP contribution in [0, 0.1) is 0 Å². The first kappa shape index (κ1) is 10.2. The fourth-order valence-corrected chi connectivity index (χ4v) is 2.81. The average Bonchev–Trinajstić information content (AvgIpc) is 2.77. The number of hydrogen-bond donors (Lipinski definition) is 1. The van der Waals surface area contributed by atoms with Crippen LogP contribution in [-0.2, 0) is 6.54 Å². The fraction of sp³-hybridized carbons (Fsp3) is 0.750. The van der Waals surface area contributed by atoms with Crippen molar-refractivity contribution in [3.63, 3.8) is 0 Å². The lowest BCUT2D eigenvalue weighted by atomic mass is 10.4. The number of thioether (sulfide) groups is 1. The summed E-state index contributed by atoms with van der Waals surface area (Å²) in [6.07, 6.45) is 3.45. The Morgan fingerprint density at radius 2 is 2.57 bits per heavy atom. The van der Waals surface area contributed by atoms with Gasteiger partial charge >= 0.3 is 0 Å². The van der Waals surface area contributed by atoms with E-state index in [-0.39, 0.29) is 0 Å². The molecule has 1 aromatic rings. The Morgan fingerprint density at radius 1 is 1.71 bits per heavy atom. The van der Waals surface area contributed by atoms with E-state index in [4.69, 9.17) is 5.73 Å². The average molecular weight is 230 g/mol. The van der Waals surface area contributed by atoms with E-state index < -0.39 is 0 Å². The molecule has 2 heterocycles. The predicted octanol–water partition coefficient (Wildman–Crippen LogP) is 1.06. The second-order valence-electron chi connectivity index (χ2n) is 3.47. The van der Waals surface area contributed by atoms with Gasteiger partial charge in [-0.3, -0.25) is 4.90 Å². The summed E-state index contributed by atoms with van der Waals surface area (Å²) in [6, 6.07) is 0. The third-order valence-electron chi connectivity index (χ3n) is 2.52. The van der Waals surface area contributed by atoms with Gasteiger partial charge in [-0.2, -0.15) is 11.8 Å². The molecule has 2 N–H and O–H groups in total. The number of nitrogens with zero attached hydrogens (tertiary/aromatic N) is 3. The molecule has 1 unspecified atom stereocenters. The van der Waals surface area contributed by atoms with Crippen molar-refractivity contribution in [2.75, 3.05) is 25.1 Å². The highest BCUT2D eigenvalue weighted by atomic mass is 32.2. The lowest BCUT2D eigenvalue weighted by Crippen LogP contribution is -2.21. The van der Waals surface area contributed by atoms with Gasteiger partial charge in [0.25, 0.3) is 0 Å². The van der Waals surface area contributed by atoms with Gasteiger partial charge in [0.05, 0.1) is 0 Å². The molecule has 1 atom stereocenters. The Morgan fingerprint density at radius 3 is 3.14 bits per heavy atom. The molecule has 1 aromatic heterocycles. The predicted molar refractivity (Wildman–Crippen MR) is 61.5 cm³/mol. The molecule has 0 radical (unpaired) electrons. The summed E-state index contributed by atoms with van der Waals surface area (Å²) in [5, 5.41) is 5.57. The van der Waals surface area contributed by atoms with Gasteiger partial charge in [0.1, 0.15) is 10.7 Å². The molecule has 0 amide bonds. The second kappa shape index (κ2) is 4.46. The topological polar surface area (TPSA) is 55.0 Å². The summed E-state index contributed by atoms with van der Waals surface area (Å²) in [6.45, 7) is 3.17. The minimum atomic E-state index is 0.762. The van der Waals surface area contributed by atoms with Gasteiger partial charge in [0.15, 0.2) is 0 Å². The van der Waals surface area contributed by atoms with Crippen LogP contribution in [0.1, 0.15) is 12.1 Å². The zero-order valence-electron chi connectivity index (χ0n) is 8.14. The SMILES string of the molecule is CSC1CCN(Cc2nnsc2N)C1. The maximum absolute atomic E-state index is 5.75. The van der Waals surface area contributed by atoms with Crippen LogP contribution in [0.2, 0.25) is 0 Å². The molecule has 6 heteroatoms. The van der Waals surface area contributed by atoms with Crippen LogP contribution in [0.4, 0.5) is 5.00 Å². The lowest BCUT2D eigenvalue weighted by molar-refractivity contribution is 0.328. The quantitative estimate of drug-likeness (QED) is 0.841. The zero-order chi connectivity index (χ0) is 9.97. The second-order valence-corrected chi connectivity index (χ2v) is 5.39. The molecule has 1 aliphatic heterocycles. The van der Waals surface area contributed by atoms with E-state index in [0.717, 1.165) is 35.6 Å². The molecule has 4 nitrogen and oxygen atoms in total. The van der Waals surface area contributed by atoms with Gasteiger partial charge in [-0.1, -0.05) is 4.49 Å². The molecule has 14 heavy (non-hydrogen) atoms. The van der Waals surface area contributed by atoms with E-state index in [0.29, 0.717) is 0 Å². The zero-order valence-corrected chi connectivity index (χ0v) is 9.77. The minimum Gasteiger partial charge on any atom is -0.388 e.